The maximum absolute atomic E-state index is 12.1. The number of hydrogen-bond donors (Lipinski definition) is 2. The second-order valence-corrected chi connectivity index (χ2v) is 6.38. The fourth-order valence-corrected chi connectivity index (χ4v) is 2.89. The van der Waals surface area contributed by atoms with Gasteiger partial charge in [0.05, 0.1) is 0 Å². The first-order chi connectivity index (χ1) is 11.1. The van der Waals surface area contributed by atoms with Gasteiger partial charge < -0.3 is 15.5 Å². The summed E-state index contributed by atoms with van der Waals surface area (Å²) >= 11 is 0. The second-order valence-electron chi connectivity index (χ2n) is 6.38. The number of carbonyl (C=O) groups is 1. The number of benzene rings is 1. The fraction of sp³-hybridized carbons (Fsp3) is 0.611. The highest BCUT2D eigenvalue weighted by molar-refractivity contribution is 5.94. The summed E-state index contributed by atoms with van der Waals surface area (Å²) in [7, 11) is 1.92. The highest BCUT2D eigenvalue weighted by Crippen LogP contribution is 2.18. The van der Waals surface area contributed by atoms with Crippen LogP contribution in [0.1, 0.15) is 30.6 Å². The number of piperazine rings is 1. The van der Waals surface area contributed by atoms with E-state index >= 15 is 0 Å². The van der Waals surface area contributed by atoms with Crippen molar-refractivity contribution in [2.75, 3.05) is 51.2 Å². The van der Waals surface area contributed by atoms with Crippen molar-refractivity contribution in [2.24, 2.45) is 0 Å². The van der Waals surface area contributed by atoms with Gasteiger partial charge in [0.25, 0.3) is 5.91 Å². The van der Waals surface area contributed by atoms with Crippen LogP contribution in [0.3, 0.4) is 0 Å². The molecule has 0 atom stereocenters. The van der Waals surface area contributed by atoms with Gasteiger partial charge in [0, 0.05) is 50.0 Å². The standard InChI is InChI=1S/C18H30N4O/c1-15(2)21-11-13-22(14-12-21)17-7-5-16(6-8-17)18(23)20-10-4-9-19-3/h5-8,15,19H,4,9-14H2,1-3H3,(H,20,23). The summed E-state index contributed by atoms with van der Waals surface area (Å²) in [5.41, 5.74) is 1.94. The molecule has 2 rings (SSSR count). The molecule has 0 spiro atoms. The number of carbonyl (C=O) groups excluding carboxylic acids is 1. The Kier molecular flexibility index (Phi) is 6.86. The van der Waals surface area contributed by atoms with Gasteiger partial charge in [-0.3, -0.25) is 9.69 Å². The molecular weight excluding hydrogens is 288 g/mol. The number of amides is 1. The van der Waals surface area contributed by atoms with Gasteiger partial charge in [-0.05, 0) is 58.1 Å². The van der Waals surface area contributed by atoms with Crippen molar-refractivity contribution in [2.45, 2.75) is 26.3 Å². The molecule has 1 amide bonds. The monoisotopic (exact) mass is 318 g/mol. The van der Waals surface area contributed by atoms with Gasteiger partial charge in [0.2, 0.25) is 0 Å². The average molecular weight is 318 g/mol. The lowest BCUT2D eigenvalue weighted by molar-refractivity contribution is 0.0953. The Morgan fingerprint density at radius 1 is 1.09 bits per heavy atom. The maximum Gasteiger partial charge on any atom is 0.251 e. The molecule has 1 heterocycles. The SMILES string of the molecule is CNCCCNC(=O)c1ccc(N2CCN(C(C)C)CC2)cc1. The average Bonchev–Trinajstić information content (AvgIpc) is 2.59. The topological polar surface area (TPSA) is 47.6 Å². The second kappa shape index (κ2) is 8.89. The number of nitrogens with zero attached hydrogens (tertiary/aromatic N) is 2. The van der Waals surface area contributed by atoms with Crippen LogP contribution in [0.15, 0.2) is 24.3 Å². The number of hydrogen-bond acceptors (Lipinski definition) is 4. The molecule has 1 saturated heterocycles. The van der Waals surface area contributed by atoms with E-state index < -0.39 is 0 Å². The van der Waals surface area contributed by atoms with Crippen molar-refractivity contribution in [3.63, 3.8) is 0 Å². The molecule has 0 saturated carbocycles. The molecule has 23 heavy (non-hydrogen) atoms. The summed E-state index contributed by atoms with van der Waals surface area (Å²) in [4.78, 5) is 17.0. The lowest BCUT2D eigenvalue weighted by Gasteiger charge is -2.38. The molecule has 5 heteroatoms. The van der Waals surface area contributed by atoms with Crippen molar-refractivity contribution in [3.8, 4) is 0 Å². The zero-order valence-corrected chi connectivity index (χ0v) is 14.6. The molecule has 1 aliphatic heterocycles. The third kappa shape index (κ3) is 5.22. The zero-order chi connectivity index (χ0) is 16.7. The lowest BCUT2D eigenvalue weighted by atomic mass is 10.1. The van der Waals surface area contributed by atoms with E-state index in [0.29, 0.717) is 12.6 Å². The summed E-state index contributed by atoms with van der Waals surface area (Å²) in [6.07, 6.45) is 0.945. The Bertz CT molecular complexity index is 478. The Morgan fingerprint density at radius 2 is 1.74 bits per heavy atom. The summed E-state index contributed by atoms with van der Waals surface area (Å²) in [5.74, 6) is 0.0114. The molecule has 1 aromatic carbocycles. The number of anilines is 1. The molecule has 1 aromatic rings. The van der Waals surface area contributed by atoms with E-state index in [4.69, 9.17) is 0 Å². The van der Waals surface area contributed by atoms with Gasteiger partial charge in [-0.2, -0.15) is 0 Å². The first kappa shape index (κ1) is 17.8. The van der Waals surface area contributed by atoms with Gasteiger partial charge in [-0.1, -0.05) is 0 Å². The van der Waals surface area contributed by atoms with Crippen LogP contribution in [0.25, 0.3) is 0 Å². The zero-order valence-electron chi connectivity index (χ0n) is 14.6. The highest BCUT2D eigenvalue weighted by atomic mass is 16.1. The molecule has 2 N–H and O–H groups in total. The Labute approximate surface area is 140 Å². The van der Waals surface area contributed by atoms with Gasteiger partial charge in [-0.15, -0.1) is 0 Å². The van der Waals surface area contributed by atoms with Crippen molar-refractivity contribution >= 4 is 11.6 Å². The van der Waals surface area contributed by atoms with Crippen LogP contribution in [-0.4, -0.2) is 63.2 Å². The molecule has 0 aromatic heterocycles. The van der Waals surface area contributed by atoms with Gasteiger partial charge in [-0.25, -0.2) is 0 Å². The third-order valence-electron chi connectivity index (χ3n) is 4.43. The van der Waals surface area contributed by atoms with Crippen LogP contribution in [0.2, 0.25) is 0 Å². The Balaban J connectivity index is 1.84. The highest BCUT2D eigenvalue weighted by Gasteiger charge is 2.19. The minimum Gasteiger partial charge on any atom is -0.369 e. The van der Waals surface area contributed by atoms with Crippen molar-refractivity contribution < 1.29 is 4.79 Å². The van der Waals surface area contributed by atoms with Crippen molar-refractivity contribution in [1.29, 1.82) is 0 Å². The lowest BCUT2D eigenvalue weighted by Crippen LogP contribution is -2.48. The number of rotatable bonds is 7. The summed E-state index contributed by atoms with van der Waals surface area (Å²) in [6.45, 7) is 10.4. The molecule has 0 bridgehead atoms. The fourth-order valence-electron chi connectivity index (χ4n) is 2.89. The van der Waals surface area contributed by atoms with Crippen molar-refractivity contribution in [3.05, 3.63) is 29.8 Å². The van der Waals surface area contributed by atoms with E-state index in [1.807, 2.05) is 19.2 Å². The van der Waals surface area contributed by atoms with E-state index in [1.165, 1.54) is 5.69 Å². The number of nitrogens with one attached hydrogen (secondary N) is 2. The molecule has 1 fully saturated rings. The molecular formula is C18H30N4O. The van der Waals surface area contributed by atoms with E-state index in [0.717, 1.165) is 44.7 Å². The van der Waals surface area contributed by atoms with E-state index in [9.17, 15) is 4.79 Å². The van der Waals surface area contributed by atoms with Crippen LogP contribution < -0.4 is 15.5 Å². The maximum atomic E-state index is 12.1. The first-order valence-electron chi connectivity index (χ1n) is 8.63. The minimum absolute atomic E-state index is 0.0114. The molecule has 0 unspecified atom stereocenters. The smallest absolute Gasteiger partial charge is 0.251 e. The summed E-state index contributed by atoms with van der Waals surface area (Å²) in [6, 6.07) is 8.60. The first-order valence-corrected chi connectivity index (χ1v) is 8.63. The molecule has 1 aliphatic rings. The van der Waals surface area contributed by atoms with Gasteiger partial charge in [0.15, 0.2) is 0 Å². The summed E-state index contributed by atoms with van der Waals surface area (Å²) < 4.78 is 0. The molecule has 5 nitrogen and oxygen atoms in total. The quantitative estimate of drug-likeness (QED) is 0.749. The molecule has 0 aliphatic carbocycles. The van der Waals surface area contributed by atoms with E-state index in [1.54, 1.807) is 0 Å². The van der Waals surface area contributed by atoms with Crippen LogP contribution in [0, 0.1) is 0 Å². The predicted octanol–water partition coefficient (Wildman–Crippen LogP) is 1.56. The van der Waals surface area contributed by atoms with E-state index in [2.05, 4.69) is 46.4 Å². The van der Waals surface area contributed by atoms with Crippen LogP contribution in [0.5, 0.6) is 0 Å². The largest absolute Gasteiger partial charge is 0.369 e. The van der Waals surface area contributed by atoms with Gasteiger partial charge >= 0.3 is 0 Å². The Hall–Kier alpha value is -1.59. The van der Waals surface area contributed by atoms with E-state index in [-0.39, 0.29) is 5.91 Å². The summed E-state index contributed by atoms with van der Waals surface area (Å²) in [5, 5.41) is 6.03. The molecule has 128 valence electrons. The normalized spacial score (nSPS) is 15.9. The van der Waals surface area contributed by atoms with Crippen LogP contribution in [0.4, 0.5) is 5.69 Å². The minimum atomic E-state index is 0.0114. The Morgan fingerprint density at radius 3 is 2.30 bits per heavy atom. The predicted molar refractivity (Wildman–Crippen MR) is 96.2 cm³/mol. The molecule has 0 radical (unpaired) electrons. The third-order valence-corrected chi connectivity index (χ3v) is 4.43. The van der Waals surface area contributed by atoms with Crippen LogP contribution in [-0.2, 0) is 0 Å². The van der Waals surface area contributed by atoms with Crippen LogP contribution >= 0.6 is 0 Å². The van der Waals surface area contributed by atoms with Gasteiger partial charge in [0.1, 0.15) is 0 Å². The van der Waals surface area contributed by atoms with Crippen molar-refractivity contribution in [1.82, 2.24) is 15.5 Å².